The van der Waals surface area contributed by atoms with E-state index in [-0.39, 0.29) is 11.8 Å². The van der Waals surface area contributed by atoms with E-state index >= 15 is 0 Å². The number of nitrogens with one attached hydrogen (secondary N) is 1. The molecule has 3 aromatic rings. The lowest BCUT2D eigenvalue weighted by molar-refractivity contribution is -0.124. The fourth-order valence-electron chi connectivity index (χ4n) is 4.00. The number of nitrogens with zero attached hydrogens (tertiary/aromatic N) is 5. The molecule has 0 unspecified atom stereocenters. The molecule has 4 heterocycles. The molecule has 180 valence electrons. The lowest BCUT2D eigenvalue weighted by Gasteiger charge is -2.34. The summed E-state index contributed by atoms with van der Waals surface area (Å²) in [6.07, 6.45) is 1.81. The van der Waals surface area contributed by atoms with Gasteiger partial charge in [-0.2, -0.15) is 0 Å². The van der Waals surface area contributed by atoms with Gasteiger partial charge in [0.2, 0.25) is 11.8 Å². The number of aliphatic imine (C=N–C) groups is 1. The summed E-state index contributed by atoms with van der Waals surface area (Å²) < 4.78 is 0. The van der Waals surface area contributed by atoms with E-state index < -0.39 is 0 Å². The third kappa shape index (κ3) is 6.08. The van der Waals surface area contributed by atoms with Gasteiger partial charge < -0.3 is 10.2 Å². The minimum atomic E-state index is -0.0329. The number of aromatic nitrogens is 1. The number of hydrogen-bond donors (Lipinski definition) is 1. The highest BCUT2D eigenvalue weighted by atomic mass is 32.2. The monoisotopic (exact) mass is 506 g/mol. The van der Waals surface area contributed by atoms with Crippen molar-refractivity contribution in [2.45, 2.75) is 6.54 Å². The molecule has 0 bridgehead atoms. The topological polar surface area (TPSA) is 81.1 Å². The number of rotatable bonds is 7. The summed E-state index contributed by atoms with van der Waals surface area (Å²) in [5, 5.41) is 5.70. The predicted molar refractivity (Wildman–Crippen MR) is 142 cm³/mol. The van der Waals surface area contributed by atoms with Crippen molar-refractivity contribution < 1.29 is 9.59 Å². The number of amidine groups is 1. The van der Waals surface area contributed by atoms with Crippen LogP contribution < -0.4 is 10.2 Å². The van der Waals surface area contributed by atoms with E-state index in [0.717, 1.165) is 48.2 Å². The zero-order valence-electron chi connectivity index (χ0n) is 19.2. The summed E-state index contributed by atoms with van der Waals surface area (Å²) in [5.41, 5.74) is 1.48. The Morgan fingerprint density at radius 3 is 2.57 bits per heavy atom. The highest BCUT2D eigenvalue weighted by Crippen LogP contribution is 2.27. The van der Waals surface area contributed by atoms with E-state index in [4.69, 9.17) is 0 Å². The molecule has 2 aromatic heterocycles. The maximum atomic E-state index is 12.6. The Morgan fingerprint density at radius 1 is 1.03 bits per heavy atom. The zero-order valence-corrected chi connectivity index (χ0v) is 20.8. The van der Waals surface area contributed by atoms with Gasteiger partial charge in [0.1, 0.15) is 5.82 Å². The van der Waals surface area contributed by atoms with Crippen LogP contribution in [0.2, 0.25) is 0 Å². The van der Waals surface area contributed by atoms with Gasteiger partial charge in [0.05, 0.1) is 24.5 Å². The van der Waals surface area contributed by atoms with Gasteiger partial charge in [0.25, 0.3) is 0 Å². The summed E-state index contributed by atoms with van der Waals surface area (Å²) in [6, 6.07) is 17.4. The molecule has 0 saturated carbocycles. The minimum Gasteiger partial charge on any atom is -0.354 e. The fraction of sp³-hybridized carbons (Fsp3) is 0.280. The average Bonchev–Trinajstić information content (AvgIpc) is 3.52. The van der Waals surface area contributed by atoms with Crippen LogP contribution in [0.1, 0.15) is 4.88 Å². The van der Waals surface area contributed by atoms with Crippen LogP contribution in [-0.4, -0.2) is 70.2 Å². The van der Waals surface area contributed by atoms with Crippen LogP contribution in [-0.2, 0) is 16.1 Å². The van der Waals surface area contributed by atoms with Gasteiger partial charge in [-0.1, -0.05) is 23.9 Å². The third-order valence-corrected chi connectivity index (χ3v) is 7.66. The van der Waals surface area contributed by atoms with Gasteiger partial charge in [-0.15, -0.1) is 11.3 Å². The van der Waals surface area contributed by atoms with Gasteiger partial charge in [0.15, 0.2) is 5.17 Å². The van der Waals surface area contributed by atoms with Crippen molar-refractivity contribution in [3.63, 3.8) is 0 Å². The van der Waals surface area contributed by atoms with E-state index in [1.54, 1.807) is 22.4 Å². The summed E-state index contributed by atoms with van der Waals surface area (Å²) in [6.45, 7) is 4.24. The van der Waals surface area contributed by atoms with Crippen molar-refractivity contribution in [3.8, 4) is 0 Å². The fourth-order valence-corrected chi connectivity index (χ4v) is 5.60. The number of carbonyl (C=O) groups is 2. The third-order valence-electron chi connectivity index (χ3n) is 5.84. The normalized spacial score (nSPS) is 17.8. The molecule has 2 aliphatic rings. The number of pyridine rings is 1. The van der Waals surface area contributed by atoms with Crippen molar-refractivity contribution in [1.82, 2.24) is 14.8 Å². The molecule has 2 aliphatic heterocycles. The van der Waals surface area contributed by atoms with E-state index in [1.165, 1.54) is 11.8 Å². The van der Waals surface area contributed by atoms with Crippen LogP contribution in [0.4, 0.5) is 17.2 Å². The molecule has 2 saturated heterocycles. The van der Waals surface area contributed by atoms with Crippen molar-refractivity contribution in [2.24, 2.45) is 4.99 Å². The second kappa shape index (κ2) is 11.0. The second-order valence-electron chi connectivity index (χ2n) is 8.29. The maximum absolute atomic E-state index is 12.6. The van der Waals surface area contributed by atoms with Crippen LogP contribution >= 0.6 is 23.1 Å². The summed E-state index contributed by atoms with van der Waals surface area (Å²) >= 11 is 3.09. The number of thioether (sulfide) groups is 1. The molecule has 2 fully saturated rings. The first-order chi connectivity index (χ1) is 17.1. The molecular weight excluding hydrogens is 480 g/mol. The smallest absolute Gasteiger partial charge is 0.239 e. The van der Waals surface area contributed by atoms with E-state index in [1.807, 2.05) is 60.0 Å². The van der Waals surface area contributed by atoms with Gasteiger partial charge in [-0.25, -0.2) is 9.98 Å². The molecule has 1 aromatic carbocycles. The molecular formula is C25H26N6O2S2. The highest BCUT2D eigenvalue weighted by Gasteiger charge is 2.28. The molecule has 0 radical (unpaired) electrons. The first-order valence-electron chi connectivity index (χ1n) is 11.5. The highest BCUT2D eigenvalue weighted by molar-refractivity contribution is 8.15. The lowest BCUT2D eigenvalue weighted by atomic mass is 10.2. The number of hydrogen-bond acceptors (Lipinski definition) is 8. The number of piperazine rings is 1. The summed E-state index contributed by atoms with van der Waals surface area (Å²) in [7, 11) is 0. The summed E-state index contributed by atoms with van der Waals surface area (Å²) in [4.78, 5) is 41.2. The molecule has 0 spiro atoms. The second-order valence-corrected chi connectivity index (χ2v) is 10.3. The predicted octanol–water partition coefficient (Wildman–Crippen LogP) is 3.67. The van der Waals surface area contributed by atoms with E-state index in [2.05, 4.69) is 25.1 Å². The molecule has 8 nitrogen and oxygen atoms in total. The van der Waals surface area contributed by atoms with Crippen LogP contribution in [0.5, 0.6) is 0 Å². The summed E-state index contributed by atoms with van der Waals surface area (Å²) in [5.74, 6) is 1.44. The van der Waals surface area contributed by atoms with Crippen molar-refractivity contribution in [3.05, 3.63) is 71.1 Å². The molecule has 10 heteroatoms. The van der Waals surface area contributed by atoms with Gasteiger partial charge >= 0.3 is 0 Å². The SMILES string of the molecule is O=C(CN1CCN(c2ccccn2)CC1)Nc1ccc(N=C2SCC(=O)N2Cc2cccs2)cc1. The van der Waals surface area contributed by atoms with E-state index in [9.17, 15) is 9.59 Å². The number of benzene rings is 1. The Hall–Kier alpha value is -3.21. The number of anilines is 2. The number of thiophene rings is 1. The molecule has 5 rings (SSSR count). The van der Waals surface area contributed by atoms with Gasteiger partial charge in [-0.3, -0.25) is 19.4 Å². The average molecular weight is 507 g/mol. The maximum Gasteiger partial charge on any atom is 0.239 e. The largest absolute Gasteiger partial charge is 0.354 e. The van der Waals surface area contributed by atoms with Crippen LogP contribution in [0, 0.1) is 0 Å². The van der Waals surface area contributed by atoms with Crippen molar-refractivity contribution in [1.29, 1.82) is 0 Å². The minimum absolute atomic E-state index is 0.0329. The molecule has 1 N–H and O–H groups in total. The zero-order chi connectivity index (χ0) is 24.0. The van der Waals surface area contributed by atoms with Crippen molar-refractivity contribution in [2.75, 3.05) is 48.7 Å². The molecule has 0 atom stereocenters. The first kappa shape index (κ1) is 23.5. The Balaban J connectivity index is 1.12. The number of carbonyl (C=O) groups excluding carboxylic acids is 2. The quantitative estimate of drug-likeness (QED) is 0.527. The van der Waals surface area contributed by atoms with Crippen LogP contribution in [0.25, 0.3) is 0 Å². The Bertz CT molecular complexity index is 1180. The first-order valence-corrected chi connectivity index (χ1v) is 13.3. The van der Waals surface area contributed by atoms with E-state index in [0.29, 0.717) is 24.0 Å². The standard InChI is InChI=1S/C25H26N6O2S2/c32-23(17-29-11-13-30(14-12-29)22-5-1-2-10-26-22)27-19-6-8-20(9-7-19)28-25-31(24(33)18-35-25)16-21-4-3-15-34-21/h1-10,15H,11-14,16-18H2,(H,27,32). The van der Waals surface area contributed by atoms with Crippen LogP contribution in [0.3, 0.4) is 0 Å². The van der Waals surface area contributed by atoms with Crippen LogP contribution in [0.15, 0.2) is 71.2 Å². The molecule has 0 aliphatic carbocycles. The van der Waals surface area contributed by atoms with Gasteiger partial charge in [0, 0.05) is 42.9 Å². The molecule has 2 amide bonds. The number of amides is 2. The Kier molecular flexibility index (Phi) is 7.41. The molecule has 35 heavy (non-hydrogen) atoms. The van der Waals surface area contributed by atoms with Gasteiger partial charge in [-0.05, 0) is 47.8 Å². The van der Waals surface area contributed by atoms with Crippen molar-refractivity contribution >= 4 is 57.3 Å². The lowest BCUT2D eigenvalue weighted by Crippen LogP contribution is -2.48. The Labute approximate surface area is 212 Å². The Morgan fingerprint density at radius 2 is 1.86 bits per heavy atom.